The van der Waals surface area contributed by atoms with Crippen molar-refractivity contribution in [1.82, 2.24) is 10.0 Å². The van der Waals surface area contributed by atoms with Gasteiger partial charge in [-0.05, 0) is 23.3 Å². The van der Waals surface area contributed by atoms with Gasteiger partial charge in [0.25, 0.3) is 0 Å². The molecule has 0 fully saturated rings. The van der Waals surface area contributed by atoms with E-state index in [1.165, 1.54) is 0 Å². The van der Waals surface area contributed by atoms with E-state index in [4.69, 9.17) is 5.73 Å². The third-order valence-electron chi connectivity index (χ3n) is 4.58. The van der Waals surface area contributed by atoms with Crippen molar-refractivity contribution in [1.29, 1.82) is 5.26 Å². The van der Waals surface area contributed by atoms with Crippen molar-refractivity contribution in [2.75, 3.05) is 14.1 Å². The standard InChI is InChI=1S/C18H22N4OS/c1-18(2)8-12-16(13(23)9-18)15(14-6-5-7-24-14)11(10-19)17(20)22(12)21(3)4/h5-7,15H,8-9,20H2,1-4H3/t15-/m1/s1. The summed E-state index contributed by atoms with van der Waals surface area (Å²) >= 11 is 1.56. The van der Waals surface area contributed by atoms with Crippen molar-refractivity contribution in [3.05, 3.63) is 45.1 Å². The predicted octanol–water partition coefficient (Wildman–Crippen LogP) is 2.96. The molecule has 0 bridgehead atoms. The minimum absolute atomic E-state index is 0.116. The molecule has 2 aliphatic rings. The molecule has 0 spiro atoms. The Balaban J connectivity index is 2.27. The normalized spacial score (nSPS) is 23.6. The molecule has 126 valence electrons. The van der Waals surface area contributed by atoms with Crippen LogP contribution < -0.4 is 5.73 Å². The van der Waals surface area contributed by atoms with Gasteiger partial charge in [-0.3, -0.25) is 9.80 Å². The van der Waals surface area contributed by atoms with Gasteiger partial charge in [0, 0.05) is 36.7 Å². The van der Waals surface area contributed by atoms with Crippen molar-refractivity contribution >= 4 is 17.1 Å². The molecule has 1 aromatic rings. The maximum absolute atomic E-state index is 13.0. The summed E-state index contributed by atoms with van der Waals surface area (Å²) in [6.07, 6.45) is 1.25. The molecule has 2 N–H and O–H groups in total. The summed E-state index contributed by atoms with van der Waals surface area (Å²) in [5, 5.41) is 15.4. The maximum Gasteiger partial charge on any atom is 0.162 e. The first kappa shape index (κ1) is 16.7. The highest BCUT2D eigenvalue weighted by atomic mass is 32.1. The van der Waals surface area contributed by atoms with E-state index in [1.807, 2.05) is 41.6 Å². The highest BCUT2D eigenvalue weighted by Crippen LogP contribution is 2.49. The second-order valence-corrected chi connectivity index (χ2v) is 8.30. The van der Waals surface area contributed by atoms with Crippen LogP contribution in [0.5, 0.6) is 0 Å². The Kier molecular flexibility index (Phi) is 4.02. The third kappa shape index (κ3) is 2.54. The van der Waals surface area contributed by atoms with E-state index in [9.17, 15) is 10.1 Å². The van der Waals surface area contributed by atoms with Gasteiger partial charge in [0.1, 0.15) is 5.82 Å². The third-order valence-corrected chi connectivity index (χ3v) is 5.52. The van der Waals surface area contributed by atoms with Gasteiger partial charge in [0.2, 0.25) is 0 Å². The van der Waals surface area contributed by atoms with Crippen LogP contribution in [0.4, 0.5) is 0 Å². The number of rotatable bonds is 2. The molecule has 6 heteroatoms. The fraction of sp³-hybridized carbons (Fsp3) is 0.444. The zero-order chi connectivity index (χ0) is 17.6. The van der Waals surface area contributed by atoms with Crippen LogP contribution in [0.3, 0.4) is 0 Å². The Bertz CT molecular complexity index is 780. The monoisotopic (exact) mass is 342 g/mol. The number of hydrazine groups is 1. The van der Waals surface area contributed by atoms with E-state index in [1.54, 1.807) is 11.3 Å². The number of nitriles is 1. The summed E-state index contributed by atoms with van der Waals surface area (Å²) in [4.78, 5) is 14.0. The van der Waals surface area contributed by atoms with Crippen LogP contribution in [0.1, 0.15) is 37.5 Å². The van der Waals surface area contributed by atoms with Crippen LogP contribution >= 0.6 is 11.3 Å². The van der Waals surface area contributed by atoms with E-state index in [-0.39, 0.29) is 17.1 Å². The Hall–Kier alpha value is -2.10. The second kappa shape index (κ2) is 5.76. The summed E-state index contributed by atoms with van der Waals surface area (Å²) in [6.45, 7) is 4.20. The summed E-state index contributed by atoms with van der Waals surface area (Å²) in [7, 11) is 3.76. The number of carbonyl (C=O) groups is 1. The van der Waals surface area contributed by atoms with Crippen LogP contribution in [-0.4, -0.2) is 29.9 Å². The molecule has 0 amide bonds. The molecule has 3 rings (SSSR count). The number of nitrogens with two attached hydrogens (primary N) is 1. The Morgan fingerprint density at radius 3 is 2.67 bits per heavy atom. The molecule has 1 atom stereocenters. The van der Waals surface area contributed by atoms with Crippen LogP contribution in [-0.2, 0) is 4.79 Å². The van der Waals surface area contributed by atoms with Gasteiger partial charge >= 0.3 is 0 Å². The maximum atomic E-state index is 13.0. The van der Waals surface area contributed by atoms with Gasteiger partial charge in [-0.2, -0.15) is 5.26 Å². The molecule has 0 radical (unpaired) electrons. The van der Waals surface area contributed by atoms with Gasteiger partial charge in [-0.15, -0.1) is 11.3 Å². The molecule has 0 aromatic carbocycles. The van der Waals surface area contributed by atoms with Crippen molar-refractivity contribution in [2.24, 2.45) is 11.1 Å². The zero-order valence-corrected chi connectivity index (χ0v) is 15.3. The number of Topliss-reactive ketones (excluding diaryl/α,β-unsaturated/α-hetero) is 1. The van der Waals surface area contributed by atoms with E-state index >= 15 is 0 Å². The number of nitrogens with zero attached hydrogens (tertiary/aromatic N) is 3. The second-order valence-electron chi connectivity index (χ2n) is 7.32. The van der Waals surface area contributed by atoms with E-state index in [0.717, 1.165) is 22.6 Å². The summed E-state index contributed by atoms with van der Waals surface area (Å²) in [6, 6.07) is 6.18. The molecular weight excluding hydrogens is 320 g/mol. The lowest BCUT2D eigenvalue weighted by molar-refractivity contribution is -0.119. The van der Waals surface area contributed by atoms with Crippen LogP contribution in [0.25, 0.3) is 0 Å². The first-order chi connectivity index (χ1) is 11.3. The van der Waals surface area contributed by atoms with Crippen LogP contribution in [0.15, 0.2) is 40.2 Å². The fourth-order valence-corrected chi connectivity index (χ4v) is 4.53. The lowest BCUT2D eigenvalue weighted by Crippen LogP contribution is -2.47. The molecule has 1 aromatic heterocycles. The highest BCUT2D eigenvalue weighted by Gasteiger charge is 2.45. The van der Waals surface area contributed by atoms with Crippen molar-refractivity contribution in [3.8, 4) is 6.07 Å². The zero-order valence-electron chi connectivity index (χ0n) is 14.5. The number of hydrogen-bond donors (Lipinski definition) is 1. The molecule has 2 heterocycles. The molecule has 5 nitrogen and oxygen atoms in total. The van der Waals surface area contributed by atoms with Gasteiger partial charge in [0.05, 0.1) is 17.6 Å². The average molecular weight is 342 g/mol. The first-order valence-corrected chi connectivity index (χ1v) is 8.81. The Morgan fingerprint density at radius 1 is 1.42 bits per heavy atom. The molecule has 1 aliphatic carbocycles. The van der Waals surface area contributed by atoms with Crippen LogP contribution in [0.2, 0.25) is 0 Å². The van der Waals surface area contributed by atoms with Gasteiger partial charge in [-0.25, -0.2) is 5.01 Å². The lowest BCUT2D eigenvalue weighted by atomic mass is 9.70. The molecule has 24 heavy (non-hydrogen) atoms. The van der Waals surface area contributed by atoms with E-state index < -0.39 is 0 Å². The SMILES string of the molecule is CN(C)N1C(N)=C(C#N)[C@H](c2cccs2)C2=C1CC(C)(C)CC2=O. The highest BCUT2D eigenvalue weighted by molar-refractivity contribution is 7.10. The van der Waals surface area contributed by atoms with E-state index in [0.29, 0.717) is 17.8 Å². The topological polar surface area (TPSA) is 73.4 Å². The predicted molar refractivity (Wildman–Crippen MR) is 94.5 cm³/mol. The quantitative estimate of drug-likeness (QED) is 0.894. The molecular formula is C18H22N4OS. The fourth-order valence-electron chi connectivity index (χ4n) is 3.69. The van der Waals surface area contributed by atoms with Gasteiger partial charge in [-0.1, -0.05) is 19.9 Å². The summed E-state index contributed by atoms with van der Waals surface area (Å²) in [5.74, 6) is 0.196. The smallest absolute Gasteiger partial charge is 0.162 e. The molecule has 0 unspecified atom stereocenters. The van der Waals surface area contributed by atoms with Gasteiger partial charge in [0.15, 0.2) is 5.78 Å². The van der Waals surface area contributed by atoms with E-state index in [2.05, 4.69) is 19.9 Å². The number of hydrogen-bond acceptors (Lipinski definition) is 6. The average Bonchev–Trinajstić information content (AvgIpc) is 2.97. The van der Waals surface area contributed by atoms with Crippen molar-refractivity contribution in [2.45, 2.75) is 32.6 Å². The Morgan fingerprint density at radius 2 is 2.12 bits per heavy atom. The largest absolute Gasteiger partial charge is 0.383 e. The first-order valence-electron chi connectivity index (χ1n) is 7.93. The molecule has 1 aliphatic heterocycles. The minimum atomic E-state index is -0.343. The number of allylic oxidation sites excluding steroid dienone is 3. The molecule has 0 saturated heterocycles. The summed E-state index contributed by atoms with van der Waals surface area (Å²) in [5.41, 5.74) is 8.37. The van der Waals surface area contributed by atoms with Gasteiger partial charge < -0.3 is 5.73 Å². The summed E-state index contributed by atoms with van der Waals surface area (Å²) < 4.78 is 0. The minimum Gasteiger partial charge on any atom is -0.383 e. The van der Waals surface area contributed by atoms with Crippen molar-refractivity contribution < 1.29 is 4.79 Å². The van der Waals surface area contributed by atoms with Crippen LogP contribution in [0, 0.1) is 16.7 Å². The number of carbonyl (C=O) groups excluding carboxylic acids is 1. The number of ketones is 1. The molecule has 0 saturated carbocycles. The Labute approximate surface area is 146 Å². The van der Waals surface area contributed by atoms with Crippen molar-refractivity contribution in [3.63, 3.8) is 0 Å². The lowest BCUT2D eigenvalue weighted by Gasteiger charge is -2.45. The number of thiophene rings is 1.